The first kappa shape index (κ1) is 23.7. The molecule has 1 amide bonds. The number of ether oxygens (including phenoxy) is 1. The van der Waals surface area contributed by atoms with E-state index < -0.39 is 61.3 Å². The quantitative estimate of drug-likeness (QED) is 0.692. The lowest BCUT2D eigenvalue weighted by atomic mass is 9.87. The van der Waals surface area contributed by atoms with E-state index in [1.165, 1.54) is 0 Å². The Hall–Kier alpha value is -2.95. The van der Waals surface area contributed by atoms with Crippen LogP contribution in [0.2, 0.25) is 0 Å². The Bertz CT molecular complexity index is 1010. The summed E-state index contributed by atoms with van der Waals surface area (Å²) < 4.78 is 73.3. The van der Waals surface area contributed by atoms with Crippen molar-refractivity contribution in [2.75, 3.05) is 13.1 Å². The van der Waals surface area contributed by atoms with E-state index in [1.807, 2.05) is 0 Å². The van der Waals surface area contributed by atoms with Crippen molar-refractivity contribution in [3.05, 3.63) is 69.6 Å². The van der Waals surface area contributed by atoms with E-state index in [1.54, 1.807) is 30.3 Å². The highest BCUT2D eigenvalue weighted by Gasteiger charge is 2.47. The monoisotopic (exact) mass is 460 g/mol. The molecule has 1 unspecified atom stereocenters. The van der Waals surface area contributed by atoms with Gasteiger partial charge in [-0.3, -0.25) is 4.79 Å². The molecule has 1 saturated heterocycles. The third-order valence-electron chi connectivity index (χ3n) is 5.19. The number of carbonyl (C=O) groups is 1. The number of hydrogen-bond donors (Lipinski definition) is 1. The molecule has 6 nitrogen and oxygen atoms in total. The van der Waals surface area contributed by atoms with Crippen LogP contribution in [-0.4, -0.2) is 45.9 Å². The van der Waals surface area contributed by atoms with Crippen LogP contribution < -0.4 is 5.56 Å². The van der Waals surface area contributed by atoms with Gasteiger partial charge in [-0.05, 0) is 17.2 Å². The van der Waals surface area contributed by atoms with Crippen molar-refractivity contribution in [3.8, 4) is 0 Å². The molecule has 2 heterocycles. The number of pyridine rings is 1. The summed E-state index contributed by atoms with van der Waals surface area (Å²) >= 11 is 0. The lowest BCUT2D eigenvalue weighted by molar-refractivity contribution is -0.141. The summed E-state index contributed by atoms with van der Waals surface area (Å²) in [4.78, 5) is 25.6. The lowest BCUT2D eigenvalue weighted by Gasteiger charge is -2.38. The van der Waals surface area contributed by atoms with Gasteiger partial charge in [-0.25, -0.2) is 13.6 Å². The molecule has 0 radical (unpaired) electrons. The number of amides is 1. The van der Waals surface area contributed by atoms with Crippen LogP contribution >= 0.6 is 0 Å². The molecule has 0 bridgehead atoms. The van der Waals surface area contributed by atoms with Crippen LogP contribution in [0.15, 0.2) is 47.4 Å². The Morgan fingerprint density at radius 2 is 1.91 bits per heavy atom. The molecule has 1 fully saturated rings. The summed E-state index contributed by atoms with van der Waals surface area (Å²) in [6.45, 7) is -3.48. The summed E-state index contributed by atoms with van der Waals surface area (Å²) in [5.41, 5.74) is -1.13. The molecule has 1 aliphatic heterocycles. The van der Waals surface area contributed by atoms with E-state index in [0.717, 1.165) is 11.0 Å². The number of aromatic nitrogens is 1. The molecule has 1 aliphatic rings. The van der Waals surface area contributed by atoms with Crippen LogP contribution in [0.5, 0.6) is 0 Å². The minimum absolute atomic E-state index is 0.0671. The SMILES string of the molecule is O=C(OCc1ccccc1)N1CCC(F)(F)C(c2cc(CO)c(=O)n(CC(F)(F)F)c2)C1. The van der Waals surface area contributed by atoms with Crippen molar-refractivity contribution in [1.82, 2.24) is 9.47 Å². The molecule has 32 heavy (non-hydrogen) atoms. The maximum atomic E-state index is 14.7. The van der Waals surface area contributed by atoms with Gasteiger partial charge in [-0.15, -0.1) is 0 Å². The fourth-order valence-electron chi connectivity index (χ4n) is 3.57. The van der Waals surface area contributed by atoms with Gasteiger partial charge in [0.1, 0.15) is 13.2 Å². The summed E-state index contributed by atoms with van der Waals surface area (Å²) in [7, 11) is 0. The molecule has 0 spiro atoms. The number of alkyl halides is 5. The highest BCUT2D eigenvalue weighted by atomic mass is 19.4. The van der Waals surface area contributed by atoms with Crippen LogP contribution in [0, 0.1) is 0 Å². The van der Waals surface area contributed by atoms with Crippen LogP contribution in [0.4, 0.5) is 26.7 Å². The summed E-state index contributed by atoms with van der Waals surface area (Å²) in [5.74, 6) is -5.02. The summed E-state index contributed by atoms with van der Waals surface area (Å²) in [6, 6.07) is 9.68. The van der Waals surface area contributed by atoms with E-state index in [4.69, 9.17) is 4.74 Å². The van der Waals surface area contributed by atoms with Crippen LogP contribution in [-0.2, 0) is 24.5 Å². The zero-order valence-corrected chi connectivity index (χ0v) is 16.8. The van der Waals surface area contributed by atoms with E-state index in [0.29, 0.717) is 11.8 Å². The fourth-order valence-corrected chi connectivity index (χ4v) is 3.57. The molecule has 1 N–H and O–H groups in total. The molecule has 3 rings (SSSR count). The van der Waals surface area contributed by atoms with Crippen molar-refractivity contribution in [2.24, 2.45) is 0 Å². The molecule has 2 aromatic rings. The number of piperidine rings is 1. The third kappa shape index (κ3) is 5.64. The number of aliphatic hydroxyl groups excluding tert-OH is 1. The first-order valence-corrected chi connectivity index (χ1v) is 9.74. The predicted molar refractivity (Wildman–Crippen MR) is 103 cm³/mol. The largest absolute Gasteiger partial charge is 0.445 e. The van der Waals surface area contributed by atoms with Gasteiger partial charge in [0.25, 0.3) is 11.5 Å². The Morgan fingerprint density at radius 1 is 1.22 bits per heavy atom. The number of likely N-dealkylation sites (tertiary alicyclic amines) is 1. The van der Waals surface area contributed by atoms with Crippen LogP contribution in [0.1, 0.15) is 29.0 Å². The van der Waals surface area contributed by atoms with Gasteiger partial charge < -0.3 is 19.3 Å². The smallest absolute Gasteiger partial charge is 0.410 e. The number of halogens is 5. The van der Waals surface area contributed by atoms with Gasteiger partial charge in [0.2, 0.25) is 0 Å². The van der Waals surface area contributed by atoms with Crippen LogP contribution in [0.3, 0.4) is 0 Å². The fraction of sp³-hybridized carbons (Fsp3) is 0.429. The summed E-state index contributed by atoms with van der Waals surface area (Å²) in [5, 5.41) is 9.35. The zero-order chi connectivity index (χ0) is 23.5. The Kier molecular flexibility index (Phi) is 6.87. The lowest BCUT2D eigenvalue weighted by Crippen LogP contribution is -2.48. The van der Waals surface area contributed by atoms with Gasteiger partial charge in [0.05, 0.1) is 12.5 Å². The number of nitrogens with zero attached hydrogens (tertiary/aromatic N) is 2. The molecule has 11 heteroatoms. The highest BCUT2D eigenvalue weighted by molar-refractivity contribution is 5.68. The Labute approximate surface area is 179 Å². The number of benzene rings is 1. The van der Waals surface area contributed by atoms with Crippen LogP contribution in [0.25, 0.3) is 0 Å². The first-order chi connectivity index (χ1) is 15.0. The molecule has 1 atom stereocenters. The number of aliphatic hydroxyl groups is 1. The Balaban J connectivity index is 1.84. The first-order valence-electron chi connectivity index (χ1n) is 9.74. The van der Waals surface area contributed by atoms with Crippen molar-refractivity contribution in [2.45, 2.75) is 44.2 Å². The van der Waals surface area contributed by atoms with Gasteiger partial charge in [0, 0.05) is 31.3 Å². The average Bonchev–Trinajstić information content (AvgIpc) is 2.73. The maximum absolute atomic E-state index is 14.7. The predicted octanol–water partition coefficient (Wildman–Crippen LogP) is 3.66. The molecule has 0 aliphatic carbocycles. The van der Waals surface area contributed by atoms with Crippen molar-refractivity contribution < 1.29 is 36.6 Å². The second-order valence-electron chi connectivity index (χ2n) is 7.55. The second-order valence-corrected chi connectivity index (χ2v) is 7.55. The van der Waals surface area contributed by atoms with Crippen molar-refractivity contribution in [1.29, 1.82) is 0 Å². The molecule has 1 aromatic carbocycles. The van der Waals surface area contributed by atoms with E-state index in [-0.39, 0.29) is 23.3 Å². The van der Waals surface area contributed by atoms with Gasteiger partial charge in [-0.2, -0.15) is 13.2 Å². The van der Waals surface area contributed by atoms with Gasteiger partial charge in [-0.1, -0.05) is 30.3 Å². The van der Waals surface area contributed by atoms with E-state index in [9.17, 15) is 36.6 Å². The average molecular weight is 460 g/mol. The number of rotatable bonds is 5. The summed E-state index contributed by atoms with van der Waals surface area (Å²) in [6.07, 6.45) is -5.62. The van der Waals surface area contributed by atoms with Crippen molar-refractivity contribution >= 4 is 6.09 Å². The topological polar surface area (TPSA) is 71.8 Å². The molecular weight excluding hydrogens is 439 g/mol. The molecular formula is C21H21F5N2O4. The van der Waals surface area contributed by atoms with Crippen molar-refractivity contribution in [3.63, 3.8) is 0 Å². The van der Waals surface area contributed by atoms with E-state index in [2.05, 4.69) is 0 Å². The highest BCUT2D eigenvalue weighted by Crippen LogP contribution is 2.40. The third-order valence-corrected chi connectivity index (χ3v) is 5.19. The zero-order valence-electron chi connectivity index (χ0n) is 16.8. The molecule has 1 aromatic heterocycles. The minimum Gasteiger partial charge on any atom is -0.445 e. The standard InChI is InChI=1S/C21H21F5N2O4/c22-20(23)6-7-27(19(31)32-12-14-4-2-1-3-5-14)10-17(20)15-8-16(11-29)18(30)28(9-15)13-21(24,25)26/h1-5,8-9,17,29H,6-7,10-13H2. The Morgan fingerprint density at radius 3 is 2.53 bits per heavy atom. The van der Waals surface area contributed by atoms with E-state index >= 15 is 0 Å². The van der Waals surface area contributed by atoms with Gasteiger partial charge >= 0.3 is 12.3 Å². The number of hydrogen-bond acceptors (Lipinski definition) is 4. The molecule has 0 saturated carbocycles. The second kappa shape index (κ2) is 9.27. The maximum Gasteiger partial charge on any atom is 0.410 e. The minimum atomic E-state index is -4.77. The molecule has 174 valence electrons. The van der Waals surface area contributed by atoms with Gasteiger partial charge in [0.15, 0.2) is 0 Å². The number of carbonyl (C=O) groups excluding carboxylic acids is 1. The normalized spacial score (nSPS) is 18.4.